The Kier molecular flexibility index (Phi) is 7.75. The number of carbonyl (C=O) groups is 1. The predicted molar refractivity (Wildman–Crippen MR) is 106 cm³/mol. The van der Waals surface area contributed by atoms with Crippen molar-refractivity contribution in [1.29, 1.82) is 0 Å². The van der Waals surface area contributed by atoms with Gasteiger partial charge in [0.25, 0.3) is 0 Å². The van der Waals surface area contributed by atoms with Crippen LogP contribution in [0.2, 0.25) is 0 Å². The summed E-state index contributed by atoms with van der Waals surface area (Å²) in [4.78, 5) is 20.4. The van der Waals surface area contributed by atoms with Gasteiger partial charge < -0.3 is 19.9 Å². The highest BCUT2D eigenvalue weighted by molar-refractivity contribution is 5.80. The molecule has 0 unspecified atom stereocenters. The van der Waals surface area contributed by atoms with Gasteiger partial charge in [0.2, 0.25) is 5.91 Å². The molecule has 0 atom stereocenters. The number of guanidine groups is 1. The molecule has 0 aliphatic carbocycles. The highest BCUT2D eigenvalue weighted by Gasteiger charge is 2.20. The summed E-state index contributed by atoms with van der Waals surface area (Å²) in [5, 5.41) is 3.37. The lowest BCUT2D eigenvalue weighted by molar-refractivity contribution is -0.130. The van der Waals surface area contributed by atoms with Crippen molar-refractivity contribution < 1.29 is 9.53 Å². The van der Waals surface area contributed by atoms with E-state index in [0.29, 0.717) is 0 Å². The number of hydrogen-bond donors (Lipinski definition) is 1. The van der Waals surface area contributed by atoms with Gasteiger partial charge in [0.15, 0.2) is 5.96 Å². The summed E-state index contributed by atoms with van der Waals surface area (Å²) in [6.07, 6.45) is 1.08. The van der Waals surface area contributed by atoms with E-state index in [1.54, 1.807) is 6.92 Å². The number of benzene rings is 1. The highest BCUT2D eigenvalue weighted by atomic mass is 16.5. The second-order valence-corrected chi connectivity index (χ2v) is 6.79. The lowest BCUT2D eigenvalue weighted by atomic mass is 10.1. The lowest BCUT2D eigenvalue weighted by Gasteiger charge is -2.36. The van der Waals surface area contributed by atoms with E-state index in [-0.39, 0.29) is 12.0 Å². The fraction of sp³-hybridized carbons (Fsp3) is 0.600. The number of aliphatic imine (C=N–C) groups is 1. The van der Waals surface area contributed by atoms with Crippen molar-refractivity contribution in [3.63, 3.8) is 0 Å². The molecule has 1 aliphatic heterocycles. The van der Waals surface area contributed by atoms with Gasteiger partial charge in [0.1, 0.15) is 5.75 Å². The van der Waals surface area contributed by atoms with Crippen LogP contribution in [0.1, 0.15) is 33.3 Å². The first-order valence-electron chi connectivity index (χ1n) is 9.54. The molecule has 1 amide bonds. The first-order valence-corrected chi connectivity index (χ1v) is 9.54. The van der Waals surface area contributed by atoms with Crippen LogP contribution in [0, 0.1) is 0 Å². The summed E-state index contributed by atoms with van der Waals surface area (Å²) in [6.45, 7) is 12.5. The molecule has 0 saturated carbocycles. The molecule has 1 aromatic rings. The van der Waals surface area contributed by atoms with E-state index < -0.39 is 0 Å². The summed E-state index contributed by atoms with van der Waals surface area (Å²) in [7, 11) is 0. The maximum absolute atomic E-state index is 11.5. The van der Waals surface area contributed by atoms with Gasteiger partial charge >= 0.3 is 0 Å². The van der Waals surface area contributed by atoms with Crippen molar-refractivity contribution in [2.75, 3.05) is 39.3 Å². The maximum Gasteiger partial charge on any atom is 0.219 e. The molecule has 144 valence electrons. The van der Waals surface area contributed by atoms with Crippen LogP contribution in [-0.2, 0) is 11.2 Å². The Hall–Kier alpha value is -2.24. The molecule has 1 N–H and O–H groups in total. The third-order valence-electron chi connectivity index (χ3n) is 4.32. The van der Waals surface area contributed by atoms with Gasteiger partial charge in [-0.05, 0) is 44.9 Å². The van der Waals surface area contributed by atoms with Crippen molar-refractivity contribution in [2.45, 2.75) is 40.2 Å². The van der Waals surface area contributed by atoms with Crippen molar-refractivity contribution in [2.24, 2.45) is 4.99 Å². The van der Waals surface area contributed by atoms with E-state index in [2.05, 4.69) is 29.3 Å². The zero-order valence-electron chi connectivity index (χ0n) is 16.5. The second kappa shape index (κ2) is 10.0. The molecule has 1 saturated heterocycles. The molecule has 6 heteroatoms. The number of carbonyl (C=O) groups excluding carboxylic acids is 1. The first kappa shape index (κ1) is 20.1. The number of nitrogens with one attached hydrogen (secondary N) is 1. The van der Waals surface area contributed by atoms with Crippen LogP contribution in [0.15, 0.2) is 29.3 Å². The molecule has 1 heterocycles. The molecule has 0 aromatic heterocycles. The Morgan fingerprint density at radius 3 is 2.31 bits per heavy atom. The SMILES string of the molecule is CCNC(=NCCc1ccc(OC(C)C)cc1)N1CCN(C(C)=O)CC1. The van der Waals surface area contributed by atoms with Crippen LogP contribution in [0.4, 0.5) is 0 Å². The number of hydrogen-bond acceptors (Lipinski definition) is 3. The van der Waals surface area contributed by atoms with Gasteiger partial charge in [0.05, 0.1) is 6.10 Å². The highest BCUT2D eigenvalue weighted by Crippen LogP contribution is 2.14. The molecule has 0 radical (unpaired) electrons. The fourth-order valence-electron chi connectivity index (χ4n) is 2.96. The van der Waals surface area contributed by atoms with E-state index in [9.17, 15) is 4.79 Å². The van der Waals surface area contributed by atoms with Crippen LogP contribution in [0.5, 0.6) is 5.75 Å². The normalized spacial score (nSPS) is 15.3. The van der Waals surface area contributed by atoms with Crippen LogP contribution >= 0.6 is 0 Å². The lowest BCUT2D eigenvalue weighted by Crippen LogP contribution is -2.53. The number of amides is 1. The summed E-state index contributed by atoms with van der Waals surface area (Å²) < 4.78 is 5.68. The monoisotopic (exact) mass is 360 g/mol. The van der Waals surface area contributed by atoms with Gasteiger partial charge in [-0.15, -0.1) is 0 Å². The third-order valence-corrected chi connectivity index (χ3v) is 4.32. The smallest absolute Gasteiger partial charge is 0.219 e. The number of nitrogens with zero attached hydrogens (tertiary/aromatic N) is 3. The van der Waals surface area contributed by atoms with Crippen molar-refractivity contribution >= 4 is 11.9 Å². The molecule has 2 rings (SSSR count). The van der Waals surface area contributed by atoms with Crippen LogP contribution < -0.4 is 10.1 Å². The van der Waals surface area contributed by atoms with E-state index >= 15 is 0 Å². The minimum absolute atomic E-state index is 0.150. The molecular weight excluding hydrogens is 328 g/mol. The zero-order chi connectivity index (χ0) is 18.9. The van der Waals surface area contributed by atoms with E-state index in [1.165, 1.54) is 5.56 Å². The molecule has 6 nitrogen and oxygen atoms in total. The molecule has 0 bridgehead atoms. The average Bonchev–Trinajstić information content (AvgIpc) is 2.62. The summed E-state index contributed by atoms with van der Waals surface area (Å²) in [6, 6.07) is 8.24. The maximum atomic E-state index is 11.5. The molecule has 1 aliphatic rings. The van der Waals surface area contributed by atoms with E-state index in [4.69, 9.17) is 9.73 Å². The predicted octanol–water partition coefficient (Wildman–Crippen LogP) is 2.15. The zero-order valence-corrected chi connectivity index (χ0v) is 16.5. The number of piperazine rings is 1. The van der Waals surface area contributed by atoms with Gasteiger partial charge in [0, 0.05) is 46.2 Å². The van der Waals surface area contributed by atoms with Gasteiger partial charge in [-0.2, -0.15) is 0 Å². The Morgan fingerprint density at radius 2 is 1.77 bits per heavy atom. The molecule has 26 heavy (non-hydrogen) atoms. The van der Waals surface area contributed by atoms with Crippen LogP contribution in [0.3, 0.4) is 0 Å². The minimum Gasteiger partial charge on any atom is -0.491 e. The molecular formula is C20H32N4O2. The Bertz CT molecular complexity index is 590. The second-order valence-electron chi connectivity index (χ2n) is 6.79. The average molecular weight is 361 g/mol. The number of rotatable bonds is 6. The standard InChI is InChI=1S/C20H32N4O2/c1-5-21-20(24-14-12-23(13-15-24)17(4)25)22-11-10-18-6-8-19(9-7-18)26-16(2)3/h6-9,16H,5,10-15H2,1-4H3,(H,21,22). The molecule has 1 aromatic carbocycles. The van der Waals surface area contributed by atoms with E-state index in [0.717, 1.165) is 57.4 Å². The topological polar surface area (TPSA) is 57.2 Å². The Labute approximate surface area is 157 Å². The Morgan fingerprint density at radius 1 is 1.15 bits per heavy atom. The summed E-state index contributed by atoms with van der Waals surface area (Å²) in [5.41, 5.74) is 1.25. The van der Waals surface area contributed by atoms with Crippen molar-refractivity contribution in [3.8, 4) is 5.75 Å². The molecule has 0 spiro atoms. The van der Waals surface area contributed by atoms with Gasteiger partial charge in [-0.1, -0.05) is 12.1 Å². The number of ether oxygens (including phenoxy) is 1. The van der Waals surface area contributed by atoms with Crippen molar-refractivity contribution in [1.82, 2.24) is 15.1 Å². The third kappa shape index (κ3) is 6.24. The first-order chi connectivity index (χ1) is 12.5. The van der Waals surface area contributed by atoms with Gasteiger partial charge in [-0.25, -0.2) is 0 Å². The summed E-state index contributed by atoms with van der Waals surface area (Å²) in [5.74, 6) is 2.00. The van der Waals surface area contributed by atoms with Crippen LogP contribution in [0.25, 0.3) is 0 Å². The fourth-order valence-corrected chi connectivity index (χ4v) is 2.96. The largest absolute Gasteiger partial charge is 0.491 e. The van der Waals surface area contributed by atoms with Crippen molar-refractivity contribution in [3.05, 3.63) is 29.8 Å². The summed E-state index contributed by atoms with van der Waals surface area (Å²) >= 11 is 0. The van der Waals surface area contributed by atoms with Crippen LogP contribution in [-0.4, -0.2) is 67.0 Å². The molecule has 1 fully saturated rings. The van der Waals surface area contributed by atoms with Gasteiger partial charge in [-0.3, -0.25) is 9.79 Å². The minimum atomic E-state index is 0.150. The van der Waals surface area contributed by atoms with E-state index in [1.807, 2.05) is 30.9 Å². The Balaban J connectivity index is 1.88. The quantitative estimate of drug-likeness (QED) is 0.624.